The van der Waals surface area contributed by atoms with E-state index in [0.717, 1.165) is 25.1 Å². The number of fused-ring (bicyclic) bond motifs is 1. The Kier molecular flexibility index (Phi) is 4.82. The fraction of sp³-hybridized carbons (Fsp3) is 0.421. The summed E-state index contributed by atoms with van der Waals surface area (Å²) in [6.45, 7) is 3.71. The molecule has 3 heterocycles. The molecule has 1 aromatic carbocycles. The molecule has 0 bridgehead atoms. The second kappa shape index (κ2) is 7.29. The van der Waals surface area contributed by atoms with Crippen LogP contribution in [0.5, 0.6) is 5.75 Å². The molecule has 1 unspecified atom stereocenters. The molecule has 1 fully saturated rings. The molecule has 6 nitrogen and oxygen atoms in total. The van der Waals surface area contributed by atoms with E-state index in [-0.39, 0.29) is 11.7 Å². The minimum absolute atomic E-state index is 0.0371. The molecule has 0 radical (unpaired) electrons. The monoisotopic (exact) mass is 391 g/mol. The highest BCUT2D eigenvalue weighted by molar-refractivity contribution is 5.48. The Morgan fingerprint density at radius 3 is 2.71 bits per heavy atom. The van der Waals surface area contributed by atoms with Gasteiger partial charge in [0.15, 0.2) is 0 Å². The third-order valence-corrected chi connectivity index (χ3v) is 4.75. The summed E-state index contributed by atoms with van der Waals surface area (Å²) in [5.74, 6) is 0.448. The van der Waals surface area contributed by atoms with Crippen molar-refractivity contribution in [2.75, 3.05) is 24.6 Å². The van der Waals surface area contributed by atoms with Gasteiger partial charge in [-0.3, -0.25) is 0 Å². The standard InChI is InChI=1S/C19H20F3N5O/c1-13-10-16(27-18(23-13)24-17(25-27)19(20,21)22)26-9-5-6-14(11-26)12-28-15-7-3-2-4-8-15/h2-4,7-8,10,14H,5-6,9,11-12H2,1H3. The molecule has 0 aliphatic carbocycles. The summed E-state index contributed by atoms with van der Waals surface area (Å²) in [5.41, 5.74) is 0.603. The lowest BCUT2D eigenvalue weighted by atomic mass is 9.99. The van der Waals surface area contributed by atoms with Gasteiger partial charge in [-0.25, -0.2) is 4.98 Å². The molecule has 2 aromatic heterocycles. The summed E-state index contributed by atoms with van der Waals surface area (Å²) in [4.78, 5) is 9.70. The van der Waals surface area contributed by atoms with Crippen LogP contribution in [-0.4, -0.2) is 39.3 Å². The zero-order valence-electron chi connectivity index (χ0n) is 15.4. The summed E-state index contributed by atoms with van der Waals surface area (Å²) >= 11 is 0. The highest BCUT2D eigenvalue weighted by Crippen LogP contribution is 2.29. The molecule has 1 atom stereocenters. The summed E-state index contributed by atoms with van der Waals surface area (Å²) in [7, 11) is 0. The number of benzene rings is 1. The molecule has 148 valence electrons. The zero-order valence-corrected chi connectivity index (χ0v) is 15.4. The lowest BCUT2D eigenvalue weighted by Crippen LogP contribution is -2.39. The zero-order chi connectivity index (χ0) is 19.7. The molecule has 28 heavy (non-hydrogen) atoms. The Morgan fingerprint density at radius 2 is 1.96 bits per heavy atom. The minimum Gasteiger partial charge on any atom is -0.493 e. The van der Waals surface area contributed by atoms with Crippen LogP contribution in [0.2, 0.25) is 0 Å². The Morgan fingerprint density at radius 1 is 1.18 bits per heavy atom. The number of aromatic nitrogens is 4. The average molecular weight is 391 g/mol. The molecule has 9 heteroatoms. The topological polar surface area (TPSA) is 55.6 Å². The summed E-state index contributed by atoms with van der Waals surface area (Å²) < 4.78 is 46.1. The molecular weight excluding hydrogens is 371 g/mol. The Labute approximate surface area is 160 Å². The number of aryl methyl sites for hydroxylation is 1. The predicted molar refractivity (Wildman–Crippen MR) is 97.4 cm³/mol. The maximum absolute atomic E-state index is 13.0. The fourth-order valence-corrected chi connectivity index (χ4v) is 3.45. The minimum atomic E-state index is -4.60. The lowest BCUT2D eigenvalue weighted by molar-refractivity contribution is -0.144. The highest BCUT2D eigenvalue weighted by Gasteiger charge is 2.37. The molecule has 0 N–H and O–H groups in total. The van der Waals surface area contributed by atoms with Gasteiger partial charge in [0.25, 0.3) is 11.6 Å². The number of para-hydroxylation sites is 1. The third kappa shape index (κ3) is 3.88. The van der Waals surface area contributed by atoms with Gasteiger partial charge in [0, 0.05) is 30.8 Å². The average Bonchev–Trinajstić information content (AvgIpc) is 3.11. The van der Waals surface area contributed by atoms with Gasteiger partial charge >= 0.3 is 6.18 Å². The van der Waals surface area contributed by atoms with E-state index < -0.39 is 12.0 Å². The van der Waals surface area contributed by atoms with Crippen molar-refractivity contribution in [3.05, 3.63) is 47.9 Å². The molecule has 0 saturated carbocycles. The Bertz CT molecular complexity index is 957. The van der Waals surface area contributed by atoms with Gasteiger partial charge < -0.3 is 9.64 Å². The molecule has 1 aliphatic rings. The normalized spacial score (nSPS) is 17.9. The SMILES string of the molecule is Cc1cc(N2CCCC(COc3ccccc3)C2)n2nc(C(F)(F)F)nc2n1. The van der Waals surface area contributed by atoms with E-state index >= 15 is 0 Å². The first-order valence-corrected chi connectivity index (χ1v) is 9.14. The second-order valence-electron chi connectivity index (χ2n) is 6.98. The first kappa shape index (κ1) is 18.5. The quantitative estimate of drug-likeness (QED) is 0.678. The number of hydrogen-bond donors (Lipinski definition) is 0. The van der Waals surface area contributed by atoms with Crippen LogP contribution in [0.3, 0.4) is 0 Å². The number of halogens is 3. The Balaban J connectivity index is 1.56. The number of nitrogens with zero attached hydrogens (tertiary/aromatic N) is 5. The van der Waals surface area contributed by atoms with E-state index in [2.05, 4.69) is 15.1 Å². The van der Waals surface area contributed by atoms with E-state index in [4.69, 9.17) is 4.74 Å². The van der Waals surface area contributed by atoms with Crippen LogP contribution < -0.4 is 9.64 Å². The smallest absolute Gasteiger partial charge is 0.453 e. The van der Waals surface area contributed by atoms with Gasteiger partial charge in [0.2, 0.25) is 0 Å². The van der Waals surface area contributed by atoms with E-state index in [9.17, 15) is 13.2 Å². The van der Waals surface area contributed by atoms with Gasteiger partial charge in [-0.2, -0.15) is 22.7 Å². The lowest BCUT2D eigenvalue weighted by Gasteiger charge is -2.34. The fourth-order valence-electron chi connectivity index (χ4n) is 3.45. The molecule has 1 saturated heterocycles. The number of rotatable bonds is 4. The number of hydrogen-bond acceptors (Lipinski definition) is 5. The number of ether oxygens (including phenoxy) is 1. The van der Waals surface area contributed by atoms with Gasteiger partial charge in [-0.15, -0.1) is 5.10 Å². The van der Waals surface area contributed by atoms with Crippen LogP contribution in [0.25, 0.3) is 5.78 Å². The van der Waals surface area contributed by atoms with Crippen molar-refractivity contribution >= 4 is 11.6 Å². The number of anilines is 1. The van der Waals surface area contributed by atoms with Crippen LogP contribution in [-0.2, 0) is 6.18 Å². The van der Waals surface area contributed by atoms with Crippen LogP contribution in [0.4, 0.5) is 19.0 Å². The van der Waals surface area contributed by atoms with Gasteiger partial charge in [0.05, 0.1) is 6.61 Å². The van der Waals surface area contributed by atoms with Crippen LogP contribution >= 0.6 is 0 Å². The van der Waals surface area contributed by atoms with Gasteiger partial charge in [-0.1, -0.05) is 18.2 Å². The molecule has 1 aliphatic heterocycles. The maximum atomic E-state index is 13.0. The first-order chi connectivity index (χ1) is 13.4. The summed E-state index contributed by atoms with van der Waals surface area (Å²) in [6, 6.07) is 11.3. The first-order valence-electron chi connectivity index (χ1n) is 9.14. The van der Waals surface area contributed by atoms with E-state index in [1.165, 1.54) is 4.52 Å². The third-order valence-electron chi connectivity index (χ3n) is 4.75. The van der Waals surface area contributed by atoms with Crippen LogP contribution in [0.15, 0.2) is 36.4 Å². The van der Waals surface area contributed by atoms with Crippen LogP contribution in [0.1, 0.15) is 24.4 Å². The number of alkyl halides is 3. The molecule has 3 aromatic rings. The van der Waals surface area contributed by atoms with E-state index in [1.807, 2.05) is 35.2 Å². The molecule has 0 spiro atoms. The second-order valence-corrected chi connectivity index (χ2v) is 6.98. The van der Waals surface area contributed by atoms with Crippen LogP contribution in [0, 0.1) is 12.8 Å². The van der Waals surface area contributed by atoms with Crippen molar-refractivity contribution in [3.63, 3.8) is 0 Å². The highest BCUT2D eigenvalue weighted by atomic mass is 19.4. The predicted octanol–water partition coefficient (Wildman–Crippen LogP) is 3.75. The maximum Gasteiger partial charge on any atom is 0.453 e. The largest absolute Gasteiger partial charge is 0.493 e. The van der Waals surface area contributed by atoms with E-state index in [1.54, 1.807) is 13.0 Å². The van der Waals surface area contributed by atoms with Gasteiger partial charge in [-0.05, 0) is 31.9 Å². The van der Waals surface area contributed by atoms with E-state index in [0.29, 0.717) is 24.7 Å². The van der Waals surface area contributed by atoms with Gasteiger partial charge in [0.1, 0.15) is 11.6 Å². The molecular formula is C19H20F3N5O. The summed E-state index contributed by atoms with van der Waals surface area (Å²) in [5, 5.41) is 3.66. The van der Waals surface area contributed by atoms with Crippen molar-refractivity contribution in [1.29, 1.82) is 0 Å². The van der Waals surface area contributed by atoms with Crippen molar-refractivity contribution in [3.8, 4) is 5.75 Å². The molecule has 4 rings (SSSR count). The van der Waals surface area contributed by atoms with Crippen molar-refractivity contribution in [2.45, 2.75) is 25.9 Å². The Hall–Kier alpha value is -2.84. The van der Waals surface area contributed by atoms with Crippen molar-refractivity contribution in [1.82, 2.24) is 19.6 Å². The number of piperidine rings is 1. The van der Waals surface area contributed by atoms with Crippen molar-refractivity contribution < 1.29 is 17.9 Å². The van der Waals surface area contributed by atoms with Crippen molar-refractivity contribution in [2.24, 2.45) is 5.92 Å². The summed E-state index contributed by atoms with van der Waals surface area (Å²) in [6.07, 6.45) is -2.68. The molecule has 0 amide bonds.